The number of carboxylic acid groups (broad SMARTS) is 2. The summed E-state index contributed by atoms with van der Waals surface area (Å²) in [5.41, 5.74) is 0. The summed E-state index contributed by atoms with van der Waals surface area (Å²) in [6, 6.07) is 0. The van der Waals surface area contributed by atoms with Gasteiger partial charge in [-0.05, 0) is 0 Å². The molecule has 10 unspecified atom stereocenters. The van der Waals surface area contributed by atoms with Crippen molar-refractivity contribution in [3.05, 3.63) is 0 Å². The standard InChI is InChI=1S/2C7H14O8.Fe/c2*8-1-2(9)3(10)4(11)5(12)6(13)7(14)15;/h2*2-6,8-13H,1H2,(H,14,15);/q;;+2/p-2. The molecule has 0 aliphatic heterocycles. The molecule has 0 aliphatic rings. The van der Waals surface area contributed by atoms with Crippen molar-refractivity contribution in [2.24, 2.45) is 0 Å². The zero-order valence-electron chi connectivity index (χ0n) is 15.5. The van der Waals surface area contributed by atoms with Gasteiger partial charge in [0, 0.05) is 0 Å². The Morgan fingerprint density at radius 2 is 0.742 bits per heavy atom. The van der Waals surface area contributed by atoms with E-state index in [9.17, 15) is 19.8 Å². The van der Waals surface area contributed by atoms with Gasteiger partial charge in [-0.3, -0.25) is 0 Å². The number of carboxylic acids is 2. The van der Waals surface area contributed by atoms with Gasteiger partial charge in [0.15, 0.2) is 0 Å². The minimum absolute atomic E-state index is 0. The van der Waals surface area contributed by atoms with Gasteiger partial charge in [0.2, 0.25) is 0 Å². The van der Waals surface area contributed by atoms with Crippen molar-refractivity contribution in [1.29, 1.82) is 0 Å². The Morgan fingerprint density at radius 3 is 0.903 bits per heavy atom. The topological polar surface area (TPSA) is 323 Å². The fourth-order valence-corrected chi connectivity index (χ4v) is 1.73. The van der Waals surface area contributed by atoms with E-state index in [0.29, 0.717) is 0 Å². The van der Waals surface area contributed by atoms with E-state index in [1.165, 1.54) is 0 Å². The van der Waals surface area contributed by atoms with Crippen LogP contribution in [0.1, 0.15) is 0 Å². The minimum atomic E-state index is -2.40. The quantitative estimate of drug-likeness (QED) is 0.109. The van der Waals surface area contributed by atoms with E-state index in [4.69, 9.17) is 61.3 Å². The average Bonchev–Trinajstić information content (AvgIpc) is 2.73. The molecule has 12 N–H and O–H groups in total. The third-order valence-corrected chi connectivity index (χ3v) is 3.69. The molecule has 0 amide bonds. The molecule has 0 aromatic heterocycles. The first-order valence-electron chi connectivity index (χ1n) is 8.09. The molecule has 0 rings (SSSR count). The Hall–Kier alpha value is -1.02. The molecule has 0 aromatic rings. The summed E-state index contributed by atoms with van der Waals surface area (Å²) >= 11 is 0. The van der Waals surface area contributed by atoms with Crippen molar-refractivity contribution in [3.63, 3.8) is 0 Å². The summed E-state index contributed by atoms with van der Waals surface area (Å²) in [6.07, 6.45) is -21.0. The van der Waals surface area contributed by atoms with Gasteiger partial charge < -0.3 is 81.1 Å². The predicted octanol–water partition coefficient (Wildman–Crippen LogP) is -10.9. The van der Waals surface area contributed by atoms with Crippen molar-refractivity contribution in [1.82, 2.24) is 0 Å². The fraction of sp³-hybridized carbons (Fsp3) is 0.857. The Balaban J connectivity index is -0.000000490. The monoisotopic (exact) mass is 506 g/mol. The van der Waals surface area contributed by atoms with Crippen LogP contribution in [0.15, 0.2) is 0 Å². The molecule has 0 saturated heterocycles. The molecule has 0 heterocycles. The maximum absolute atomic E-state index is 10.1. The molecule has 0 bridgehead atoms. The van der Waals surface area contributed by atoms with Gasteiger partial charge in [0.25, 0.3) is 0 Å². The summed E-state index contributed by atoms with van der Waals surface area (Å²) < 4.78 is 0. The largest absolute Gasteiger partial charge is 2.00 e. The summed E-state index contributed by atoms with van der Waals surface area (Å²) in [5, 5.41) is 126. The maximum atomic E-state index is 10.1. The van der Waals surface area contributed by atoms with Gasteiger partial charge in [0.1, 0.15) is 61.0 Å². The van der Waals surface area contributed by atoms with Gasteiger partial charge in [-0.2, -0.15) is 0 Å². The summed E-state index contributed by atoms with van der Waals surface area (Å²) in [6.45, 7) is -1.79. The molecule has 0 radical (unpaired) electrons. The number of aliphatic hydroxyl groups is 12. The average molecular weight is 506 g/mol. The van der Waals surface area contributed by atoms with Gasteiger partial charge >= 0.3 is 17.1 Å². The van der Waals surface area contributed by atoms with Crippen LogP contribution in [0, 0.1) is 0 Å². The van der Waals surface area contributed by atoms with E-state index < -0.39 is 86.2 Å². The van der Waals surface area contributed by atoms with Gasteiger partial charge in [-0.25, -0.2) is 0 Å². The summed E-state index contributed by atoms with van der Waals surface area (Å²) in [4.78, 5) is 20.2. The molecule has 16 nitrogen and oxygen atoms in total. The van der Waals surface area contributed by atoms with E-state index in [1.54, 1.807) is 0 Å². The van der Waals surface area contributed by atoms with E-state index in [-0.39, 0.29) is 17.1 Å². The van der Waals surface area contributed by atoms with Crippen molar-refractivity contribution < 1.29 is 98.1 Å². The second-order valence-corrected chi connectivity index (χ2v) is 5.97. The summed E-state index contributed by atoms with van der Waals surface area (Å²) in [5.74, 6) is -4.07. The number of aliphatic carboxylic acids is 2. The maximum Gasteiger partial charge on any atom is 2.00 e. The zero-order valence-corrected chi connectivity index (χ0v) is 16.6. The molecular weight excluding hydrogens is 480 g/mol. The second-order valence-electron chi connectivity index (χ2n) is 5.97. The van der Waals surface area contributed by atoms with Crippen LogP contribution < -0.4 is 10.2 Å². The molecule has 186 valence electrons. The number of carbonyl (C=O) groups excluding carboxylic acids is 2. The van der Waals surface area contributed by atoms with Crippen LogP contribution in [0.5, 0.6) is 0 Å². The van der Waals surface area contributed by atoms with E-state index in [1.807, 2.05) is 0 Å². The number of hydrogen-bond donors (Lipinski definition) is 12. The Labute approximate surface area is 185 Å². The number of rotatable bonds is 12. The first kappa shape index (κ1) is 34.6. The van der Waals surface area contributed by atoms with Crippen LogP contribution in [-0.2, 0) is 26.7 Å². The zero-order chi connectivity index (χ0) is 24.3. The van der Waals surface area contributed by atoms with E-state index in [0.717, 1.165) is 0 Å². The number of carbonyl (C=O) groups is 2. The SMILES string of the molecule is O=C([O-])C(O)C(O)C(O)C(O)C(O)CO.O=C([O-])C(O)C(O)C(O)C(O)C(O)CO.[Fe+2]. The van der Waals surface area contributed by atoms with Crippen LogP contribution >= 0.6 is 0 Å². The molecule has 0 aliphatic carbocycles. The second kappa shape index (κ2) is 16.6. The predicted molar refractivity (Wildman–Crippen MR) is 84.3 cm³/mol. The first-order chi connectivity index (χ1) is 13.6. The smallest absolute Gasteiger partial charge is 0.547 e. The van der Waals surface area contributed by atoms with Crippen molar-refractivity contribution in [3.8, 4) is 0 Å². The third-order valence-electron chi connectivity index (χ3n) is 3.69. The normalized spacial score (nSPS) is 20.8. The molecule has 10 atom stereocenters. The van der Waals surface area contributed by atoms with Crippen molar-refractivity contribution in [2.75, 3.05) is 13.2 Å². The summed E-state index contributed by atoms with van der Waals surface area (Å²) in [7, 11) is 0. The molecule has 17 heteroatoms. The van der Waals surface area contributed by atoms with Crippen LogP contribution in [0.4, 0.5) is 0 Å². The van der Waals surface area contributed by atoms with Crippen molar-refractivity contribution in [2.45, 2.75) is 61.0 Å². The van der Waals surface area contributed by atoms with Gasteiger partial charge in [-0.1, -0.05) is 0 Å². The minimum Gasteiger partial charge on any atom is -0.547 e. The van der Waals surface area contributed by atoms with Crippen LogP contribution in [0.25, 0.3) is 0 Å². The van der Waals surface area contributed by atoms with Crippen LogP contribution in [0.3, 0.4) is 0 Å². The van der Waals surface area contributed by atoms with Crippen LogP contribution in [0.2, 0.25) is 0 Å². The first-order valence-corrected chi connectivity index (χ1v) is 8.09. The molecular formula is C14H26FeO16. The molecule has 0 saturated carbocycles. The molecule has 0 aromatic carbocycles. The Kier molecular flexibility index (Phi) is 18.5. The van der Waals surface area contributed by atoms with Gasteiger partial charge in [0.05, 0.1) is 25.2 Å². The molecule has 0 fully saturated rings. The van der Waals surface area contributed by atoms with E-state index in [2.05, 4.69) is 0 Å². The number of aliphatic hydroxyl groups excluding tert-OH is 12. The van der Waals surface area contributed by atoms with Crippen LogP contribution in [-0.4, -0.2) is 147 Å². The molecule has 31 heavy (non-hydrogen) atoms. The number of hydrogen-bond acceptors (Lipinski definition) is 16. The Bertz CT molecular complexity index is 465. The molecule has 0 spiro atoms. The fourth-order valence-electron chi connectivity index (χ4n) is 1.73. The third kappa shape index (κ3) is 11.4. The van der Waals surface area contributed by atoms with Gasteiger partial charge in [-0.15, -0.1) is 0 Å². The van der Waals surface area contributed by atoms with Crippen molar-refractivity contribution >= 4 is 11.9 Å². The van der Waals surface area contributed by atoms with E-state index >= 15 is 0 Å². The Morgan fingerprint density at radius 1 is 0.516 bits per heavy atom.